The topological polar surface area (TPSA) is 78.4 Å². The Morgan fingerprint density at radius 2 is 1.93 bits per heavy atom. The molecule has 1 amide bonds. The van der Waals surface area contributed by atoms with E-state index in [9.17, 15) is 18.0 Å². The highest BCUT2D eigenvalue weighted by Crippen LogP contribution is 2.30. The molecule has 0 spiro atoms. The van der Waals surface area contributed by atoms with E-state index in [2.05, 4.69) is 25.9 Å². The Balaban J connectivity index is 0.00000392. The van der Waals surface area contributed by atoms with E-state index in [1.807, 2.05) is 0 Å². The molecule has 1 aliphatic rings. The van der Waals surface area contributed by atoms with Gasteiger partial charge in [0.05, 0.1) is 5.01 Å². The number of aliphatic imine (C=N–C) groups is 1. The smallest absolute Gasteiger partial charge is 0.356 e. The Bertz CT molecular complexity index is 633. The van der Waals surface area contributed by atoms with Crippen LogP contribution in [0.15, 0.2) is 10.4 Å². The molecule has 3 N–H and O–H groups in total. The predicted molar refractivity (Wildman–Crippen MR) is 115 cm³/mol. The zero-order valence-corrected chi connectivity index (χ0v) is 18.9. The minimum Gasteiger partial charge on any atom is -0.356 e. The summed E-state index contributed by atoms with van der Waals surface area (Å²) in [5.74, 6) is 0.528. The fourth-order valence-electron chi connectivity index (χ4n) is 2.91. The van der Waals surface area contributed by atoms with Gasteiger partial charge in [0, 0.05) is 44.4 Å². The van der Waals surface area contributed by atoms with E-state index >= 15 is 0 Å². The van der Waals surface area contributed by atoms with Crippen molar-refractivity contribution in [1.29, 1.82) is 0 Å². The van der Waals surface area contributed by atoms with E-state index in [1.165, 1.54) is 19.3 Å². The minimum absolute atomic E-state index is 0. The van der Waals surface area contributed by atoms with E-state index in [4.69, 9.17) is 0 Å². The largest absolute Gasteiger partial charge is 0.434 e. The second-order valence-electron chi connectivity index (χ2n) is 6.45. The molecular weight excluding hydrogens is 506 g/mol. The van der Waals surface area contributed by atoms with Crippen LogP contribution in [-0.2, 0) is 17.4 Å². The van der Waals surface area contributed by atoms with Crippen LogP contribution in [0.3, 0.4) is 0 Å². The zero-order chi connectivity index (χ0) is 19.7. The van der Waals surface area contributed by atoms with E-state index in [1.54, 1.807) is 7.05 Å². The predicted octanol–water partition coefficient (Wildman–Crippen LogP) is 3.33. The molecule has 0 atom stereocenters. The highest BCUT2D eigenvalue weighted by atomic mass is 127. The summed E-state index contributed by atoms with van der Waals surface area (Å²) in [6.07, 6.45) is 1.99. The van der Waals surface area contributed by atoms with Gasteiger partial charge in [-0.3, -0.25) is 9.79 Å². The number of carbonyl (C=O) groups excluding carboxylic acids is 1. The molecule has 0 aromatic carbocycles. The SMILES string of the molecule is CN=C(NCCC(=O)NC1CCCCC1)NCCc1nc(C(F)(F)F)cs1.I. The zero-order valence-electron chi connectivity index (χ0n) is 15.8. The summed E-state index contributed by atoms with van der Waals surface area (Å²) >= 11 is 0.990. The Hall–Kier alpha value is -1.11. The summed E-state index contributed by atoms with van der Waals surface area (Å²) in [6.45, 7) is 0.840. The first-order chi connectivity index (χ1) is 12.9. The highest BCUT2D eigenvalue weighted by Gasteiger charge is 2.33. The fraction of sp³-hybridized carbons (Fsp3) is 0.706. The van der Waals surface area contributed by atoms with Crippen LogP contribution < -0.4 is 16.0 Å². The van der Waals surface area contributed by atoms with Gasteiger partial charge in [0.25, 0.3) is 0 Å². The van der Waals surface area contributed by atoms with Crippen LogP contribution in [0.4, 0.5) is 13.2 Å². The molecule has 1 aromatic heterocycles. The fourth-order valence-corrected chi connectivity index (χ4v) is 3.71. The number of carbonyl (C=O) groups is 1. The molecule has 1 heterocycles. The summed E-state index contributed by atoms with van der Waals surface area (Å²) in [5, 5.41) is 10.5. The summed E-state index contributed by atoms with van der Waals surface area (Å²) in [6, 6.07) is 0.295. The van der Waals surface area contributed by atoms with Crippen LogP contribution in [0.5, 0.6) is 0 Å². The van der Waals surface area contributed by atoms with E-state index in [-0.39, 0.29) is 29.9 Å². The first-order valence-electron chi connectivity index (χ1n) is 9.14. The monoisotopic (exact) mass is 533 g/mol. The van der Waals surface area contributed by atoms with Gasteiger partial charge in [0.1, 0.15) is 0 Å². The van der Waals surface area contributed by atoms with Crippen LogP contribution in [0.25, 0.3) is 0 Å². The molecule has 0 unspecified atom stereocenters. The number of rotatable bonds is 7. The Kier molecular flexibility index (Phi) is 11.1. The number of guanidine groups is 1. The van der Waals surface area contributed by atoms with Gasteiger partial charge in [0.2, 0.25) is 5.91 Å². The summed E-state index contributed by atoms with van der Waals surface area (Å²) in [7, 11) is 1.60. The van der Waals surface area contributed by atoms with Crippen molar-refractivity contribution in [3.05, 3.63) is 16.1 Å². The highest BCUT2D eigenvalue weighted by molar-refractivity contribution is 14.0. The van der Waals surface area contributed by atoms with Gasteiger partial charge < -0.3 is 16.0 Å². The molecule has 0 bridgehead atoms. The Morgan fingerprint density at radius 1 is 1.25 bits per heavy atom. The van der Waals surface area contributed by atoms with Crippen molar-refractivity contribution in [3.8, 4) is 0 Å². The van der Waals surface area contributed by atoms with Gasteiger partial charge in [-0.25, -0.2) is 4.98 Å². The molecule has 28 heavy (non-hydrogen) atoms. The number of aromatic nitrogens is 1. The van der Waals surface area contributed by atoms with Crippen LogP contribution >= 0.6 is 35.3 Å². The Morgan fingerprint density at radius 3 is 2.54 bits per heavy atom. The third kappa shape index (κ3) is 8.93. The second kappa shape index (κ2) is 12.5. The number of halogens is 4. The standard InChI is InChI=1S/C17H26F3N5OS.HI/c1-21-16(22-9-7-14(26)24-12-5-3-2-4-6-12)23-10-8-15-25-13(11-27-15)17(18,19)20;/h11-12H,2-10H2,1H3,(H,24,26)(H2,21,22,23);1H. The molecule has 11 heteroatoms. The van der Waals surface area contributed by atoms with Crippen molar-refractivity contribution in [3.63, 3.8) is 0 Å². The maximum atomic E-state index is 12.5. The van der Waals surface area contributed by atoms with Crippen molar-refractivity contribution < 1.29 is 18.0 Å². The lowest BCUT2D eigenvalue weighted by molar-refractivity contribution is -0.140. The first kappa shape index (κ1) is 24.9. The molecule has 0 aliphatic heterocycles. The number of alkyl halides is 3. The molecule has 160 valence electrons. The molecule has 1 saturated carbocycles. The number of nitrogens with zero attached hydrogens (tertiary/aromatic N) is 2. The van der Waals surface area contributed by atoms with Crippen LogP contribution in [0, 0.1) is 0 Å². The van der Waals surface area contributed by atoms with Gasteiger partial charge in [-0.15, -0.1) is 35.3 Å². The second-order valence-corrected chi connectivity index (χ2v) is 7.40. The molecule has 2 rings (SSSR count). The lowest BCUT2D eigenvalue weighted by atomic mass is 9.95. The van der Waals surface area contributed by atoms with Crippen molar-refractivity contribution in [2.24, 2.45) is 4.99 Å². The number of hydrogen-bond acceptors (Lipinski definition) is 4. The van der Waals surface area contributed by atoms with Crippen molar-refractivity contribution >= 4 is 47.2 Å². The lowest BCUT2D eigenvalue weighted by Crippen LogP contribution is -2.41. The molecule has 1 aliphatic carbocycles. The van der Waals surface area contributed by atoms with Crippen molar-refractivity contribution in [1.82, 2.24) is 20.9 Å². The Labute approximate surface area is 184 Å². The summed E-state index contributed by atoms with van der Waals surface area (Å²) in [4.78, 5) is 19.6. The number of amides is 1. The van der Waals surface area contributed by atoms with Gasteiger partial charge in [-0.1, -0.05) is 19.3 Å². The van der Waals surface area contributed by atoms with E-state index < -0.39 is 11.9 Å². The number of nitrogens with one attached hydrogen (secondary N) is 3. The summed E-state index contributed by atoms with van der Waals surface area (Å²) in [5.41, 5.74) is -0.853. The van der Waals surface area contributed by atoms with Gasteiger partial charge in [0.15, 0.2) is 11.7 Å². The van der Waals surface area contributed by atoms with Gasteiger partial charge >= 0.3 is 6.18 Å². The van der Waals surface area contributed by atoms with Gasteiger partial charge in [-0.05, 0) is 12.8 Å². The molecule has 1 aromatic rings. The average Bonchev–Trinajstić information content (AvgIpc) is 3.10. The quantitative estimate of drug-likeness (QED) is 0.286. The van der Waals surface area contributed by atoms with E-state index in [0.29, 0.717) is 42.9 Å². The molecule has 0 saturated heterocycles. The van der Waals surface area contributed by atoms with Crippen LogP contribution in [-0.4, -0.2) is 43.0 Å². The van der Waals surface area contributed by atoms with Crippen LogP contribution in [0.2, 0.25) is 0 Å². The third-order valence-corrected chi connectivity index (χ3v) is 5.22. The average molecular weight is 533 g/mol. The summed E-state index contributed by atoms with van der Waals surface area (Å²) < 4.78 is 37.6. The third-order valence-electron chi connectivity index (χ3n) is 4.31. The number of hydrogen-bond donors (Lipinski definition) is 3. The normalized spacial score (nSPS) is 15.6. The van der Waals surface area contributed by atoms with Crippen LogP contribution in [0.1, 0.15) is 49.2 Å². The first-order valence-corrected chi connectivity index (χ1v) is 10.0. The van der Waals surface area contributed by atoms with Crippen molar-refractivity contribution in [2.75, 3.05) is 20.1 Å². The van der Waals surface area contributed by atoms with E-state index in [0.717, 1.165) is 29.6 Å². The molecule has 6 nitrogen and oxygen atoms in total. The molecule has 1 fully saturated rings. The molecular formula is C17H27F3IN5OS. The number of thiazole rings is 1. The van der Waals surface area contributed by atoms with Gasteiger partial charge in [-0.2, -0.15) is 13.2 Å². The minimum atomic E-state index is -4.40. The van der Waals surface area contributed by atoms with Crippen molar-refractivity contribution in [2.45, 2.75) is 57.2 Å². The molecule has 0 radical (unpaired) electrons. The maximum absolute atomic E-state index is 12.5. The maximum Gasteiger partial charge on any atom is 0.434 e. The lowest BCUT2D eigenvalue weighted by Gasteiger charge is -2.22.